The summed E-state index contributed by atoms with van der Waals surface area (Å²) in [4.78, 5) is 22.4. The first-order valence-electron chi connectivity index (χ1n) is 5.86. The second-order valence-corrected chi connectivity index (χ2v) is 4.61. The minimum Gasteiger partial charge on any atom is -0.480 e. The van der Waals surface area contributed by atoms with Crippen LogP contribution in [0.5, 0.6) is 0 Å². The van der Waals surface area contributed by atoms with Gasteiger partial charge in [0.2, 0.25) is 0 Å². The monoisotopic (exact) mass is 244 g/mol. The molecular formula is C11H20N2O4. The fourth-order valence-electron chi connectivity index (χ4n) is 1.84. The van der Waals surface area contributed by atoms with E-state index in [4.69, 9.17) is 9.84 Å². The molecule has 0 aromatic heterocycles. The van der Waals surface area contributed by atoms with Crippen molar-refractivity contribution in [3.05, 3.63) is 0 Å². The molecule has 0 bridgehead atoms. The molecule has 1 unspecified atom stereocenters. The van der Waals surface area contributed by atoms with Gasteiger partial charge in [-0.15, -0.1) is 0 Å². The second-order valence-electron chi connectivity index (χ2n) is 4.61. The molecule has 0 spiro atoms. The van der Waals surface area contributed by atoms with Crippen molar-refractivity contribution < 1.29 is 19.4 Å². The van der Waals surface area contributed by atoms with Crippen LogP contribution in [0.25, 0.3) is 0 Å². The van der Waals surface area contributed by atoms with Crippen molar-refractivity contribution in [2.24, 2.45) is 0 Å². The van der Waals surface area contributed by atoms with Crippen LogP contribution in [0.3, 0.4) is 0 Å². The molecular weight excluding hydrogens is 224 g/mol. The molecule has 0 aliphatic carbocycles. The van der Waals surface area contributed by atoms with Crippen LogP contribution in [-0.2, 0) is 9.53 Å². The Morgan fingerprint density at radius 2 is 2.24 bits per heavy atom. The summed E-state index contributed by atoms with van der Waals surface area (Å²) in [5.41, 5.74) is -0.404. The van der Waals surface area contributed by atoms with Gasteiger partial charge in [-0.25, -0.2) is 9.59 Å². The molecule has 2 amide bonds. The second kappa shape index (κ2) is 5.86. The zero-order valence-electron chi connectivity index (χ0n) is 10.3. The van der Waals surface area contributed by atoms with Gasteiger partial charge in [0.15, 0.2) is 0 Å². The van der Waals surface area contributed by atoms with Gasteiger partial charge in [-0.2, -0.15) is 0 Å². The fourth-order valence-corrected chi connectivity index (χ4v) is 1.84. The summed E-state index contributed by atoms with van der Waals surface area (Å²) >= 11 is 0. The van der Waals surface area contributed by atoms with E-state index < -0.39 is 23.6 Å². The summed E-state index contributed by atoms with van der Waals surface area (Å²) in [6.07, 6.45) is 2.09. The Kier molecular flexibility index (Phi) is 4.74. The number of carboxylic acid groups (broad SMARTS) is 1. The molecule has 1 fully saturated rings. The Balaban J connectivity index is 2.45. The van der Waals surface area contributed by atoms with Gasteiger partial charge in [0.25, 0.3) is 0 Å². The minimum atomic E-state index is -1.02. The number of hydrogen-bond acceptors (Lipinski definition) is 3. The van der Waals surface area contributed by atoms with Crippen LogP contribution in [0.1, 0.15) is 33.1 Å². The summed E-state index contributed by atoms with van der Waals surface area (Å²) in [7, 11) is 0. The molecule has 2 atom stereocenters. The van der Waals surface area contributed by atoms with Crippen LogP contribution in [-0.4, -0.2) is 41.9 Å². The topological polar surface area (TPSA) is 87.7 Å². The zero-order chi connectivity index (χ0) is 12.9. The molecule has 0 saturated carbocycles. The Labute approximate surface area is 101 Å². The number of carbonyl (C=O) groups is 2. The molecule has 3 N–H and O–H groups in total. The van der Waals surface area contributed by atoms with E-state index in [0.29, 0.717) is 19.6 Å². The van der Waals surface area contributed by atoms with Crippen LogP contribution in [0, 0.1) is 0 Å². The minimum absolute atomic E-state index is 0.357. The number of ether oxygens (including phenoxy) is 1. The number of nitrogens with one attached hydrogen (secondary N) is 2. The van der Waals surface area contributed by atoms with Crippen LogP contribution in [0.15, 0.2) is 0 Å². The predicted octanol–water partition coefficient (Wildman–Crippen LogP) is 0.718. The number of aliphatic carboxylic acids is 1. The molecule has 1 saturated heterocycles. The summed E-state index contributed by atoms with van der Waals surface area (Å²) in [5.74, 6) is -1.02. The van der Waals surface area contributed by atoms with Crippen LogP contribution in [0.2, 0.25) is 0 Å². The summed E-state index contributed by atoms with van der Waals surface area (Å²) in [5, 5.41) is 14.0. The van der Waals surface area contributed by atoms with E-state index in [1.807, 2.05) is 6.92 Å². The van der Waals surface area contributed by atoms with Crippen molar-refractivity contribution in [3.63, 3.8) is 0 Å². The quantitative estimate of drug-likeness (QED) is 0.680. The van der Waals surface area contributed by atoms with Crippen molar-refractivity contribution >= 4 is 12.0 Å². The van der Waals surface area contributed by atoms with E-state index in [1.165, 1.54) is 0 Å². The van der Waals surface area contributed by atoms with Crippen LogP contribution < -0.4 is 10.6 Å². The standard InChI is InChI=1S/C11H20N2O4/c1-3-8(9(14)15)12-10(16)13-11(2)5-4-6-17-7-11/h8H,3-7H2,1-2H3,(H,14,15)(H2,12,13,16)/t8-,11?/m0/s1. The average molecular weight is 244 g/mol. The van der Waals surface area contributed by atoms with Gasteiger partial charge < -0.3 is 20.5 Å². The molecule has 17 heavy (non-hydrogen) atoms. The van der Waals surface area contributed by atoms with E-state index in [0.717, 1.165) is 12.8 Å². The molecule has 1 aliphatic heterocycles. The van der Waals surface area contributed by atoms with Crippen LogP contribution in [0.4, 0.5) is 4.79 Å². The lowest BCUT2D eigenvalue weighted by Gasteiger charge is -2.34. The van der Waals surface area contributed by atoms with E-state index in [-0.39, 0.29) is 0 Å². The van der Waals surface area contributed by atoms with E-state index >= 15 is 0 Å². The Hall–Kier alpha value is -1.30. The fraction of sp³-hybridized carbons (Fsp3) is 0.818. The lowest BCUT2D eigenvalue weighted by atomic mass is 9.95. The Morgan fingerprint density at radius 3 is 2.71 bits per heavy atom. The molecule has 1 aliphatic rings. The lowest BCUT2D eigenvalue weighted by Crippen LogP contribution is -2.57. The third-order valence-corrected chi connectivity index (χ3v) is 2.86. The predicted molar refractivity (Wildman–Crippen MR) is 61.8 cm³/mol. The number of rotatable bonds is 4. The van der Waals surface area contributed by atoms with Crippen molar-refractivity contribution in [1.82, 2.24) is 10.6 Å². The van der Waals surface area contributed by atoms with Gasteiger partial charge in [-0.1, -0.05) is 6.92 Å². The Morgan fingerprint density at radius 1 is 1.53 bits per heavy atom. The molecule has 0 aromatic carbocycles. The lowest BCUT2D eigenvalue weighted by molar-refractivity contribution is -0.139. The maximum absolute atomic E-state index is 11.6. The highest BCUT2D eigenvalue weighted by atomic mass is 16.5. The normalized spacial score (nSPS) is 26.0. The molecule has 98 valence electrons. The van der Waals surface area contributed by atoms with Crippen molar-refractivity contribution in [2.45, 2.75) is 44.7 Å². The van der Waals surface area contributed by atoms with E-state index in [9.17, 15) is 9.59 Å². The highest BCUT2D eigenvalue weighted by Crippen LogP contribution is 2.17. The smallest absolute Gasteiger partial charge is 0.326 e. The zero-order valence-corrected chi connectivity index (χ0v) is 10.3. The van der Waals surface area contributed by atoms with Gasteiger partial charge >= 0.3 is 12.0 Å². The van der Waals surface area contributed by atoms with Crippen molar-refractivity contribution in [1.29, 1.82) is 0 Å². The van der Waals surface area contributed by atoms with Crippen LogP contribution >= 0.6 is 0 Å². The molecule has 1 rings (SSSR count). The first-order chi connectivity index (χ1) is 7.97. The summed E-state index contributed by atoms with van der Waals surface area (Å²) in [6.45, 7) is 4.79. The number of carbonyl (C=O) groups excluding carboxylic acids is 1. The first kappa shape index (κ1) is 13.8. The number of carboxylic acids is 1. The van der Waals surface area contributed by atoms with Gasteiger partial charge in [0.1, 0.15) is 6.04 Å². The molecule has 1 heterocycles. The van der Waals surface area contributed by atoms with Gasteiger partial charge in [0.05, 0.1) is 12.1 Å². The molecule has 0 radical (unpaired) electrons. The highest BCUT2D eigenvalue weighted by molar-refractivity contribution is 5.82. The van der Waals surface area contributed by atoms with E-state index in [1.54, 1.807) is 6.92 Å². The molecule has 0 aromatic rings. The number of urea groups is 1. The summed E-state index contributed by atoms with van der Waals surface area (Å²) < 4.78 is 5.31. The van der Waals surface area contributed by atoms with Gasteiger partial charge in [-0.05, 0) is 26.2 Å². The maximum Gasteiger partial charge on any atom is 0.326 e. The Bertz CT molecular complexity index is 287. The third kappa shape index (κ3) is 4.22. The van der Waals surface area contributed by atoms with Crippen molar-refractivity contribution in [3.8, 4) is 0 Å². The van der Waals surface area contributed by atoms with Gasteiger partial charge in [0, 0.05) is 6.61 Å². The SMILES string of the molecule is CC[C@H](NC(=O)NC1(C)CCCOC1)C(=O)O. The van der Waals surface area contributed by atoms with E-state index in [2.05, 4.69) is 10.6 Å². The molecule has 6 nitrogen and oxygen atoms in total. The highest BCUT2D eigenvalue weighted by Gasteiger charge is 2.30. The number of hydrogen-bond donors (Lipinski definition) is 3. The third-order valence-electron chi connectivity index (χ3n) is 2.86. The van der Waals surface area contributed by atoms with Gasteiger partial charge in [-0.3, -0.25) is 0 Å². The average Bonchev–Trinajstić information content (AvgIpc) is 2.25. The molecule has 6 heteroatoms. The number of amides is 2. The first-order valence-corrected chi connectivity index (χ1v) is 5.86. The largest absolute Gasteiger partial charge is 0.480 e. The summed E-state index contributed by atoms with van der Waals surface area (Å²) in [6, 6.07) is -1.30. The maximum atomic E-state index is 11.6. The van der Waals surface area contributed by atoms with Crippen molar-refractivity contribution in [2.75, 3.05) is 13.2 Å².